The average Bonchev–Trinajstić information content (AvgIpc) is 3.32. The van der Waals surface area contributed by atoms with Crippen LogP contribution in [0.25, 0.3) is 5.65 Å². The van der Waals surface area contributed by atoms with Crippen molar-refractivity contribution in [2.45, 2.75) is 62.0 Å². The Hall–Kier alpha value is -2.82. The van der Waals surface area contributed by atoms with Gasteiger partial charge in [0.1, 0.15) is 17.8 Å². The van der Waals surface area contributed by atoms with Gasteiger partial charge in [0.25, 0.3) is 0 Å². The molecule has 0 radical (unpaired) electrons. The van der Waals surface area contributed by atoms with Gasteiger partial charge < -0.3 is 14.9 Å². The first kappa shape index (κ1) is 26.2. The van der Waals surface area contributed by atoms with Crippen LogP contribution in [0.1, 0.15) is 45.1 Å². The highest BCUT2D eigenvalue weighted by molar-refractivity contribution is 7.89. The second kappa shape index (κ2) is 10.3. The maximum absolute atomic E-state index is 13.7. The van der Waals surface area contributed by atoms with Crippen LogP contribution in [0, 0.1) is 5.92 Å². The number of likely N-dealkylation sites (N-methyl/N-ethyl adjacent to an activating group) is 1. The summed E-state index contributed by atoms with van der Waals surface area (Å²) in [5.41, 5.74) is 7.15. The predicted molar refractivity (Wildman–Crippen MR) is 142 cm³/mol. The van der Waals surface area contributed by atoms with Crippen LogP contribution >= 0.6 is 12.2 Å². The first-order valence-electron chi connectivity index (χ1n) is 12.1. The molecular formula is C26H32N4O4S2. The van der Waals surface area contributed by atoms with Crippen LogP contribution in [0.5, 0.6) is 0 Å². The number of nitrogens with zero attached hydrogens (tertiary/aromatic N) is 3. The van der Waals surface area contributed by atoms with Crippen molar-refractivity contribution < 1.29 is 17.9 Å². The van der Waals surface area contributed by atoms with E-state index >= 15 is 0 Å². The minimum atomic E-state index is -3.91. The Morgan fingerprint density at radius 1 is 1.22 bits per heavy atom. The zero-order valence-electron chi connectivity index (χ0n) is 20.7. The molecule has 0 saturated heterocycles. The SMILES string of the molecule is CC(C)[C@@H](C(=O)OC1CCCCC1(C(N)=S)c1ccc2nccn2c1)N(C)S(=O)(=O)c1ccccc1. The highest BCUT2D eigenvalue weighted by Gasteiger charge is 2.49. The third-order valence-corrected chi connectivity index (χ3v) is 9.34. The van der Waals surface area contributed by atoms with Crippen molar-refractivity contribution >= 4 is 38.8 Å². The minimum absolute atomic E-state index is 0.120. The van der Waals surface area contributed by atoms with Gasteiger partial charge >= 0.3 is 5.97 Å². The van der Waals surface area contributed by atoms with E-state index in [-0.39, 0.29) is 15.8 Å². The van der Waals surface area contributed by atoms with E-state index in [0.29, 0.717) is 12.8 Å². The number of nitrogens with two attached hydrogens (primary N) is 1. The van der Waals surface area contributed by atoms with E-state index in [1.807, 2.05) is 28.9 Å². The van der Waals surface area contributed by atoms with Gasteiger partial charge in [0, 0.05) is 25.6 Å². The molecule has 8 nitrogen and oxygen atoms in total. The largest absolute Gasteiger partial charge is 0.460 e. The Kier molecular flexibility index (Phi) is 7.49. The fraction of sp³-hybridized carbons (Fsp3) is 0.423. The number of carbonyl (C=O) groups is 1. The van der Waals surface area contributed by atoms with Crippen LogP contribution in [0.3, 0.4) is 0 Å². The fourth-order valence-corrected chi connectivity index (χ4v) is 7.01. The number of sulfonamides is 1. The number of esters is 1. The summed E-state index contributed by atoms with van der Waals surface area (Å²) in [5.74, 6) is -0.936. The summed E-state index contributed by atoms with van der Waals surface area (Å²) in [5, 5.41) is 0. The van der Waals surface area contributed by atoms with Crippen molar-refractivity contribution in [1.82, 2.24) is 13.7 Å². The topological polar surface area (TPSA) is 107 Å². The Bertz CT molecular complexity index is 1360. The summed E-state index contributed by atoms with van der Waals surface area (Å²) in [6.07, 6.45) is 7.79. The monoisotopic (exact) mass is 528 g/mol. The average molecular weight is 529 g/mol. The van der Waals surface area contributed by atoms with Crippen molar-refractivity contribution in [3.63, 3.8) is 0 Å². The van der Waals surface area contributed by atoms with Gasteiger partial charge in [-0.25, -0.2) is 13.4 Å². The van der Waals surface area contributed by atoms with Gasteiger partial charge in [-0.15, -0.1) is 0 Å². The summed E-state index contributed by atoms with van der Waals surface area (Å²) >= 11 is 5.59. The van der Waals surface area contributed by atoms with Gasteiger partial charge in [0.05, 0.1) is 15.3 Å². The number of thiocarbonyl (C=S) groups is 1. The van der Waals surface area contributed by atoms with E-state index in [4.69, 9.17) is 22.7 Å². The molecule has 0 aliphatic heterocycles. The second-order valence-electron chi connectivity index (χ2n) is 9.64. The molecule has 2 unspecified atom stereocenters. The molecule has 0 bridgehead atoms. The standard InChI is InChI=1S/C26H32N4O4S2/c1-18(2)23(29(3)36(32,33)20-9-5-4-6-10-20)24(31)34-21-11-7-8-14-26(21,25(27)35)19-12-13-22-28-15-16-30(22)17-19/h4-6,9-10,12-13,15-18,21,23H,7-8,11,14H2,1-3H3,(H2,27,35)/t21?,23-,26?/m0/s1. The Morgan fingerprint density at radius 2 is 1.94 bits per heavy atom. The van der Waals surface area contributed by atoms with E-state index in [1.165, 1.54) is 19.2 Å². The predicted octanol–water partition coefficient (Wildman–Crippen LogP) is 3.69. The number of benzene rings is 1. The van der Waals surface area contributed by atoms with Gasteiger partial charge in [0.2, 0.25) is 10.0 Å². The number of ether oxygens (including phenoxy) is 1. The van der Waals surface area contributed by atoms with E-state index in [2.05, 4.69) is 4.98 Å². The number of hydrogen-bond acceptors (Lipinski definition) is 6. The molecule has 36 heavy (non-hydrogen) atoms. The number of imidazole rings is 1. The normalized spacial score (nSPS) is 21.5. The van der Waals surface area contributed by atoms with Gasteiger partial charge in [-0.3, -0.25) is 4.79 Å². The first-order chi connectivity index (χ1) is 17.1. The summed E-state index contributed by atoms with van der Waals surface area (Å²) in [4.78, 5) is 18.3. The van der Waals surface area contributed by atoms with Gasteiger partial charge in [-0.2, -0.15) is 4.31 Å². The molecule has 10 heteroatoms. The molecule has 1 aliphatic carbocycles. The number of rotatable bonds is 8. The molecular weight excluding hydrogens is 496 g/mol. The van der Waals surface area contributed by atoms with Crippen molar-refractivity contribution in [1.29, 1.82) is 0 Å². The molecule has 1 fully saturated rings. The maximum atomic E-state index is 13.7. The van der Waals surface area contributed by atoms with Crippen molar-refractivity contribution in [3.05, 3.63) is 66.6 Å². The third kappa shape index (κ3) is 4.65. The summed E-state index contributed by atoms with van der Waals surface area (Å²) in [6, 6.07) is 10.9. The van der Waals surface area contributed by atoms with Crippen molar-refractivity contribution in [3.8, 4) is 0 Å². The van der Waals surface area contributed by atoms with Crippen LogP contribution in [-0.4, -0.2) is 52.3 Å². The van der Waals surface area contributed by atoms with Crippen LogP contribution in [0.2, 0.25) is 0 Å². The molecule has 1 aliphatic rings. The van der Waals surface area contributed by atoms with E-state index in [0.717, 1.165) is 28.4 Å². The van der Waals surface area contributed by atoms with E-state index < -0.39 is 33.6 Å². The summed E-state index contributed by atoms with van der Waals surface area (Å²) < 4.78 is 35.8. The lowest BCUT2D eigenvalue weighted by molar-refractivity contribution is -0.159. The van der Waals surface area contributed by atoms with Crippen LogP contribution in [-0.2, 0) is 25.0 Å². The Balaban J connectivity index is 1.68. The molecule has 1 saturated carbocycles. The summed E-state index contributed by atoms with van der Waals surface area (Å²) in [6.45, 7) is 3.61. The van der Waals surface area contributed by atoms with E-state index in [1.54, 1.807) is 38.2 Å². The summed E-state index contributed by atoms with van der Waals surface area (Å²) in [7, 11) is -2.49. The van der Waals surface area contributed by atoms with Crippen LogP contribution in [0.4, 0.5) is 0 Å². The van der Waals surface area contributed by atoms with Crippen LogP contribution < -0.4 is 5.73 Å². The Morgan fingerprint density at radius 3 is 2.61 bits per heavy atom. The smallest absolute Gasteiger partial charge is 0.325 e. The van der Waals surface area contributed by atoms with Gasteiger partial charge in [0.15, 0.2) is 0 Å². The molecule has 2 aromatic heterocycles. The zero-order valence-corrected chi connectivity index (χ0v) is 22.3. The van der Waals surface area contributed by atoms with Crippen LogP contribution in [0.15, 0.2) is 66.0 Å². The molecule has 0 spiro atoms. The van der Waals surface area contributed by atoms with Crippen molar-refractivity contribution in [2.75, 3.05) is 7.05 Å². The first-order valence-corrected chi connectivity index (χ1v) is 13.9. The Labute approximate surface area is 217 Å². The number of aromatic nitrogens is 2. The highest BCUT2D eigenvalue weighted by Crippen LogP contribution is 2.42. The number of fused-ring (bicyclic) bond motifs is 1. The van der Waals surface area contributed by atoms with E-state index in [9.17, 15) is 13.2 Å². The van der Waals surface area contributed by atoms with Crippen molar-refractivity contribution in [2.24, 2.45) is 11.7 Å². The quantitative estimate of drug-likeness (QED) is 0.351. The molecule has 2 heterocycles. The lowest BCUT2D eigenvalue weighted by Gasteiger charge is -2.44. The zero-order chi connectivity index (χ0) is 26.1. The molecule has 3 atom stereocenters. The molecule has 0 amide bonds. The highest BCUT2D eigenvalue weighted by atomic mass is 32.2. The fourth-order valence-electron chi connectivity index (χ4n) is 5.20. The molecule has 192 valence electrons. The second-order valence-corrected chi connectivity index (χ2v) is 12.1. The maximum Gasteiger partial charge on any atom is 0.325 e. The molecule has 4 rings (SSSR count). The lowest BCUT2D eigenvalue weighted by Crippen LogP contribution is -2.55. The minimum Gasteiger partial charge on any atom is -0.460 e. The molecule has 2 N–H and O–H groups in total. The number of hydrogen-bond donors (Lipinski definition) is 1. The molecule has 3 aromatic rings. The molecule has 1 aromatic carbocycles. The third-order valence-electron chi connectivity index (χ3n) is 7.12. The number of pyridine rings is 1. The number of carbonyl (C=O) groups excluding carboxylic acids is 1. The van der Waals surface area contributed by atoms with Gasteiger partial charge in [-0.05, 0) is 48.9 Å². The van der Waals surface area contributed by atoms with Gasteiger partial charge in [-0.1, -0.05) is 56.8 Å². The lowest BCUT2D eigenvalue weighted by atomic mass is 9.67.